The fourth-order valence-electron chi connectivity index (χ4n) is 2.00. The van der Waals surface area contributed by atoms with Gasteiger partial charge in [0, 0.05) is 6.54 Å². The van der Waals surface area contributed by atoms with Crippen LogP contribution in [-0.4, -0.2) is 26.2 Å². The van der Waals surface area contributed by atoms with Gasteiger partial charge in [0.05, 0.1) is 17.7 Å². The summed E-state index contributed by atoms with van der Waals surface area (Å²) < 4.78 is 4.70. The summed E-state index contributed by atoms with van der Waals surface area (Å²) in [6.45, 7) is 1.99. The van der Waals surface area contributed by atoms with Crippen molar-refractivity contribution in [3.8, 4) is 0 Å². The number of halogens is 1. The van der Waals surface area contributed by atoms with E-state index in [1.54, 1.807) is 6.07 Å². The van der Waals surface area contributed by atoms with Crippen LogP contribution in [0.25, 0.3) is 0 Å². The van der Waals surface area contributed by atoms with Crippen molar-refractivity contribution in [2.45, 2.75) is 12.3 Å². The molecule has 86 valence electrons. The SMILES string of the molecule is COC(=O)c1cc(C2CCNC2)ccc1Cl. The van der Waals surface area contributed by atoms with Crippen molar-refractivity contribution in [2.24, 2.45) is 0 Å². The molecule has 0 bridgehead atoms. The second kappa shape index (κ2) is 4.85. The Hall–Kier alpha value is -1.06. The Morgan fingerprint density at radius 2 is 2.38 bits per heavy atom. The van der Waals surface area contributed by atoms with Gasteiger partial charge in [0.25, 0.3) is 0 Å². The van der Waals surface area contributed by atoms with Crippen LogP contribution in [0, 0.1) is 0 Å². The lowest BCUT2D eigenvalue weighted by atomic mass is 9.96. The van der Waals surface area contributed by atoms with Crippen LogP contribution in [0.15, 0.2) is 18.2 Å². The minimum absolute atomic E-state index is 0.377. The minimum Gasteiger partial charge on any atom is -0.465 e. The second-order valence-electron chi connectivity index (χ2n) is 3.92. The molecule has 3 nitrogen and oxygen atoms in total. The molecule has 16 heavy (non-hydrogen) atoms. The first-order valence-corrected chi connectivity index (χ1v) is 5.68. The average molecular weight is 240 g/mol. The van der Waals surface area contributed by atoms with Crippen molar-refractivity contribution in [1.82, 2.24) is 5.32 Å². The van der Waals surface area contributed by atoms with Crippen LogP contribution in [0.4, 0.5) is 0 Å². The summed E-state index contributed by atoms with van der Waals surface area (Å²) in [5, 5.41) is 3.74. The topological polar surface area (TPSA) is 38.3 Å². The molecule has 1 heterocycles. The lowest BCUT2D eigenvalue weighted by molar-refractivity contribution is 0.0601. The molecule has 0 radical (unpaired) electrons. The predicted molar refractivity (Wildman–Crippen MR) is 63.0 cm³/mol. The maximum absolute atomic E-state index is 11.5. The maximum Gasteiger partial charge on any atom is 0.339 e. The molecule has 1 aliphatic heterocycles. The van der Waals surface area contributed by atoms with Crippen molar-refractivity contribution in [1.29, 1.82) is 0 Å². The number of ether oxygens (including phenoxy) is 1. The normalized spacial score (nSPS) is 19.8. The van der Waals surface area contributed by atoms with Gasteiger partial charge in [-0.25, -0.2) is 4.79 Å². The second-order valence-corrected chi connectivity index (χ2v) is 4.33. The Balaban J connectivity index is 2.30. The highest BCUT2D eigenvalue weighted by Gasteiger charge is 2.19. The Bertz CT molecular complexity index is 400. The molecule has 1 fully saturated rings. The Labute approximate surface area is 99.7 Å². The van der Waals surface area contributed by atoms with E-state index in [9.17, 15) is 4.79 Å². The van der Waals surface area contributed by atoms with Gasteiger partial charge in [-0.15, -0.1) is 0 Å². The summed E-state index contributed by atoms with van der Waals surface area (Å²) >= 11 is 5.96. The third-order valence-electron chi connectivity index (χ3n) is 2.93. The zero-order valence-electron chi connectivity index (χ0n) is 9.13. The van der Waals surface area contributed by atoms with Crippen LogP contribution in [0.1, 0.15) is 28.3 Å². The van der Waals surface area contributed by atoms with Gasteiger partial charge in [0.15, 0.2) is 0 Å². The largest absolute Gasteiger partial charge is 0.465 e. The van der Waals surface area contributed by atoms with Crippen molar-refractivity contribution in [2.75, 3.05) is 20.2 Å². The van der Waals surface area contributed by atoms with Crippen molar-refractivity contribution >= 4 is 17.6 Å². The number of esters is 1. The summed E-state index contributed by atoms with van der Waals surface area (Å²) in [4.78, 5) is 11.5. The third-order valence-corrected chi connectivity index (χ3v) is 3.26. The highest BCUT2D eigenvalue weighted by Crippen LogP contribution is 2.26. The van der Waals surface area contributed by atoms with Gasteiger partial charge in [-0.05, 0) is 36.6 Å². The van der Waals surface area contributed by atoms with E-state index in [0.717, 1.165) is 25.1 Å². The Morgan fingerprint density at radius 1 is 1.56 bits per heavy atom. The number of methoxy groups -OCH3 is 1. The molecule has 1 aliphatic rings. The quantitative estimate of drug-likeness (QED) is 0.805. The third kappa shape index (κ3) is 2.20. The van der Waals surface area contributed by atoms with Crippen molar-refractivity contribution in [3.05, 3.63) is 34.3 Å². The van der Waals surface area contributed by atoms with E-state index in [4.69, 9.17) is 16.3 Å². The minimum atomic E-state index is -0.377. The molecule has 2 rings (SSSR count). The van der Waals surface area contributed by atoms with E-state index >= 15 is 0 Å². The van der Waals surface area contributed by atoms with Crippen LogP contribution in [-0.2, 0) is 4.74 Å². The Morgan fingerprint density at radius 3 is 3.00 bits per heavy atom. The molecule has 1 aromatic rings. The van der Waals surface area contributed by atoms with Gasteiger partial charge < -0.3 is 10.1 Å². The molecule has 1 atom stereocenters. The molecule has 0 aliphatic carbocycles. The Kier molecular flexibility index (Phi) is 3.46. The highest BCUT2D eigenvalue weighted by atomic mass is 35.5. The van der Waals surface area contributed by atoms with Crippen molar-refractivity contribution in [3.63, 3.8) is 0 Å². The van der Waals surface area contributed by atoms with Gasteiger partial charge in [-0.3, -0.25) is 0 Å². The summed E-state index contributed by atoms with van der Waals surface area (Å²) in [7, 11) is 1.36. The average Bonchev–Trinajstić information content (AvgIpc) is 2.82. The standard InChI is InChI=1S/C12H14ClNO2/c1-16-12(15)10-6-8(2-3-11(10)13)9-4-5-14-7-9/h2-3,6,9,14H,4-5,7H2,1H3. The molecule has 1 aromatic carbocycles. The fraction of sp³-hybridized carbons (Fsp3) is 0.417. The van der Waals surface area contributed by atoms with Gasteiger partial charge >= 0.3 is 5.97 Å². The first kappa shape index (κ1) is 11.4. The van der Waals surface area contributed by atoms with Crippen LogP contribution in [0.3, 0.4) is 0 Å². The smallest absolute Gasteiger partial charge is 0.339 e. The number of hydrogen-bond acceptors (Lipinski definition) is 3. The lowest BCUT2D eigenvalue weighted by Gasteiger charge is -2.11. The van der Waals surface area contributed by atoms with Crippen LogP contribution < -0.4 is 5.32 Å². The maximum atomic E-state index is 11.5. The summed E-state index contributed by atoms with van der Waals surface area (Å²) in [5.41, 5.74) is 1.60. The summed E-state index contributed by atoms with van der Waals surface area (Å²) in [5.74, 6) is 0.0958. The molecule has 4 heteroatoms. The first-order chi connectivity index (χ1) is 7.72. The molecule has 0 aromatic heterocycles. The van der Waals surface area contributed by atoms with E-state index in [1.807, 2.05) is 12.1 Å². The number of carbonyl (C=O) groups excluding carboxylic acids is 1. The lowest BCUT2D eigenvalue weighted by Crippen LogP contribution is -2.09. The number of benzene rings is 1. The van der Waals surface area contributed by atoms with Crippen LogP contribution in [0.5, 0.6) is 0 Å². The van der Waals surface area contributed by atoms with Gasteiger partial charge in [0.2, 0.25) is 0 Å². The monoisotopic (exact) mass is 239 g/mol. The van der Waals surface area contributed by atoms with E-state index < -0.39 is 0 Å². The summed E-state index contributed by atoms with van der Waals surface area (Å²) in [6, 6.07) is 5.58. The van der Waals surface area contributed by atoms with E-state index in [1.165, 1.54) is 7.11 Å². The fourth-order valence-corrected chi connectivity index (χ4v) is 2.20. The van der Waals surface area contributed by atoms with Crippen LogP contribution >= 0.6 is 11.6 Å². The van der Waals surface area contributed by atoms with E-state index in [-0.39, 0.29) is 5.97 Å². The molecule has 0 saturated carbocycles. The number of carbonyl (C=O) groups is 1. The van der Waals surface area contributed by atoms with Gasteiger partial charge in [0.1, 0.15) is 0 Å². The number of nitrogens with one attached hydrogen (secondary N) is 1. The molecule has 1 N–H and O–H groups in total. The molecular formula is C12H14ClNO2. The van der Waals surface area contributed by atoms with Gasteiger partial charge in [-0.2, -0.15) is 0 Å². The molecule has 1 saturated heterocycles. The highest BCUT2D eigenvalue weighted by molar-refractivity contribution is 6.33. The summed E-state index contributed by atoms with van der Waals surface area (Å²) in [6.07, 6.45) is 1.10. The first-order valence-electron chi connectivity index (χ1n) is 5.31. The van der Waals surface area contributed by atoms with E-state index in [2.05, 4.69) is 5.32 Å². The van der Waals surface area contributed by atoms with Crippen molar-refractivity contribution < 1.29 is 9.53 Å². The molecule has 1 unspecified atom stereocenters. The molecular weight excluding hydrogens is 226 g/mol. The zero-order valence-corrected chi connectivity index (χ0v) is 9.88. The van der Waals surface area contributed by atoms with Crippen LogP contribution in [0.2, 0.25) is 5.02 Å². The van der Waals surface area contributed by atoms with Gasteiger partial charge in [-0.1, -0.05) is 17.7 Å². The zero-order chi connectivity index (χ0) is 11.5. The molecule has 0 amide bonds. The number of rotatable bonds is 2. The molecule has 0 spiro atoms. The number of hydrogen-bond donors (Lipinski definition) is 1. The predicted octanol–water partition coefficient (Wildman–Crippen LogP) is 2.20. The van der Waals surface area contributed by atoms with E-state index in [0.29, 0.717) is 16.5 Å².